The molecule has 0 radical (unpaired) electrons. The zero-order valence-corrected chi connectivity index (χ0v) is 15.6. The Kier molecular flexibility index (Phi) is 10.9. The van der Waals surface area contributed by atoms with Gasteiger partial charge in [0.1, 0.15) is 5.75 Å². The van der Waals surface area contributed by atoms with Gasteiger partial charge in [-0.15, -0.1) is 0 Å². The Morgan fingerprint density at radius 3 is 2.46 bits per heavy atom. The second-order valence-corrected chi connectivity index (χ2v) is 6.26. The van der Waals surface area contributed by atoms with E-state index in [1.807, 2.05) is 24.3 Å². The highest BCUT2D eigenvalue weighted by molar-refractivity contribution is 5.92. The molecule has 0 aliphatic carbocycles. The van der Waals surface area contributed by atoms with Crippen molar-refractivity contribution in [3.63, 3.8) is 0 Å². The van der Waals surface area contributed by atoms with Crippen molar-refractivity contribution in [2.75, 3.05) is 31.6 Å². The molecule has 1 amide bonds. The molecule has 0 fully saturated rings. The van der Waals surface area contributed by atoms with Crippen LogP contribution in [-0.4, -0.2) is 37.0 Å². The highest BCUT2D eigenvalue weighted by atomic mass is 16.5. The zero-order chi connectivity index (χ0) is 17.6. The van der Waals surface area contributed by atoms with Gasteiger partial charge in [0.05, 0.1) is 13.2 Å². The van der Waals surface area contributed by atoms with E-state index in [4.69, 9.17) is 4.74 Å². The predicted octanol–water partition coefficient (Wildman–Crippen LogP) is 4.71. The van der Waals surface area contributed by atoms with Crippen molar-refractivity contribution in [2.45, 2.75) is 59.3 Å². The third-order valence-electron chi connectivity index (χ3n) is 3.83. The van der Waals surface area contributed by atoms with E-state index >= 15 is 0 Å². The third kappa shape index (κ3) is 8.92. The Balaban J connectivity index is 2.43. The summed E-state index contributed by atoms with van der Waals surface area (Å²) in [6, 6.07) is 7.68. The molecule has 0 aliphatic rings. The zero-order valence-electron chi connectivity index (χ0n) is 15.6. The van der Waals surface area contributed by atoms with E-state index in [1.54, 1.807) is 0 Å². The van der Waals surface area contributed by atoms with Crippen molar-refractivity contribution in [3.05, 3.63) is 24.3 Å². The largest absolute Gasteiger partial charge is 0.494 e. The van der Waals surface area contributed by atoms with Crippen molar-refractivity contribution in [3.8, 4) is 5.75 Å². The summed E-state index contributed by atoms with van der Waals surface area (Å²) >= 11 is 0. The average molecular weight is 335 g/mol. The van der Waals surface area contributed by atoms with E-state index in [2.05, 4.69) is 31.0 Å². The highest BCUT2D eigenvalue weighted by Gasteiger charge is 2.09. The van der Waals surface area contributed by atoms with Gasteiger partial charge in [0.2, 0.25) is 5.91 Å². The molecule has 4 heteroatoms. The van der Waals surface area contributed by atoms with Crippen LogP contribution in [0.1, 0.15) is 59.3 Å². The Morgan fingerprint density at radius 1 is 1.04 bits per heavy atom. The molecule has 0 heterocycles. The maximum absolute atomic E-state index is 12.2. The molecule has 0 bridgehead atoms. The summed E-state index contributed by atoms with van der Waals surface area (Å²) < 4.78 is 5.77. The van der Waals surface area contributed by atoms with Crippen LogP contribution in [0.15, 0.2) is 24.3 Å². The van der Waals surface area contributed by atoms with Gasteiger partial charge >= 0.3 is 0 Å². The first-order valence-electron chi connectivity index (χ1n) is 9.44. The number of nitrogens with zero attached hydrogens (tertiary/aromatic N) is 1. The van der Waals surface area contributed by atoms with Crippen molar-refractivity contribution in [1.82, 2.24) is 4.90 Å². The molecule has 1 aromatic rings. The SMILES string of the molecule is CCCCCCOc1cccc(NC(=O)CN(CCC)CCC)c1. The summed E-state index contributed by atoms with van der Waals surface area (Å²) in [5.74, 6) is 0.861. The van der Waals surface area contributed by atoms with E-state index in [0.29, 0.717) is 6.54 Å². The Hall–Kier alpha value is -1.55. The lowest BCUT2D eigenvalue weighted by Gasteiger charge is -2.20. The maximum atomic E-state index is 12.2. The van der Waals surface area contributed by atoms with Crippen molar-refractivity contribution in [1.29, 1.82) is 0 Å². The quantitative estimate of drug-likeness (QED) is 0.531. The number of carbonyl (C=O) groups is 1. The second kappa shape index (κ2) is 12.8. The van der Waals surface area contributed by atoms with E-state index in [1.165, 1.54) is 19.3 Å². The van der Waals surface area contributed by atoms with Gasteiger partial charge in [0.25, 0.3) is 0 Å². The highest BCUT2D eigenvalue weighted by Crippen LogP contribution is 2.18. The number of hydrogen-bond donors (Lipinski definition) is 1. The Morgan fingerprint density at radius 2 is 1.79 bits per heavy atom. The molecule has 0 saturated carbocycles. The smallest absolute Gasteiger partial charge is 0.238 e. The molecule has 0 saturated heterocycles. The number of rotatable bonds is 13. The van der Waals surface area contributed by atoms with Crippen LogP contribution in [0.2, 0.25) is 0 Å². The Labute approximate surface area is 147 Å². The lowest BCUT2D eigenvalue weighted by molar-refractivity contribution is -0.117. The number of nitrogens with one attached hydrogen (secondary N) is 1. The normalized spacial score (nSPS) is 10.8. The van der Waals surface area contributed by atoms with Gasteiger partial charge in [-0.05, 0) is 44.5 Å². The van der Waals surface area contributed by atoms with Gasteiger partial charge in [0.15, 0.2) is 0 Å². The molecular weight excluding hydrogens is 300 g/mol. The summed E-state index contributed by atoms with van der Waals surface area (Å²) in [4.78, 5) is 14.4. The number of hydrogen-bond acceptors (Lipinski definition) is 3. The molecule has 0 atom stereocenters. The van der Waals surface area contributed by atoms with Crippen LogP contribution in [0.3, 0.4) is 0 Å². The van der Waals surface area contributed by atoms with Crippen molar-refractivity contribution in [2.24, 2.45) is 0 Å². The lowest BCUT2D eigenvalue weighted by atomic mass is 10.2. The van der Waals surface area contributed by atoms with Crippen LogP contribution in [0.25, 0.3) is 0 Å². The van der Waals surface area contributed by atoms with E-state index in [9.17, 15) is 4.79 Å². The molecule has 1 rings (SSSR count). The summed E-state index contributed by atoms with van der Waals surface area (Å²) in [6.07, 6.45) is 6.90. The maximum Gasteiger partial charge on any atom is 0.238 e. The average Bonchev–Trinajstić information content (AvgIpc) is 2.55. The molecule has 1 aromatic carbocycles. The predicted molar refractivity (Wildman–Crippen MR) is 102 cm³/mol. The summed E-state index contributed by atoms with van der Waals surface area (Å²) in [5.41, 5.74) is 0.805. The van der Waals surface area contributed by atoms with E-state index < -0.39 is 0 Å². The molecule has 1 N–H and O–H groups in total. The number of ether oxygens (including phenoxy) is 1. The minimum absolute atomic E-state index is 0.0389. The number of anilines is 1. The fraction of sp³-hybridized carbons (Fsp3) is 0.650. The van der Waals surface area contributed by atoms with E-state index in [-0.39, 0.29) is 5.91 Å². The molecule has 0 spiro atoms. The van der Waals surface area contributed by atoms with Gasteiger partial charge in [0, 0.05) is 11.8 Å². The van der Waals surface area contributed by atoms with Gasteiger partial charge in [-0.3, -0.25) is 9.69 Å². The molecule has 136 valence electrons. The first-order valence-corrected chi connectivity index (χ1v) is 9.44. The topological polar surface area (TPSA) is 41.6 Å². The third-order valence-corrected chi connectivity index (χ3v) is 3.83. The second-order valence-electron chi connectivity index (χ2n) is 6.26. The van der Waals surface area contributed by atoms with Crippen LogP contribution in [0.4, 0.5) is 5.69 Å². The van der Waals surface area contributed by atoms with Crippen LogP contribution in [0.5, 0.6) is 5.75 Å². The molecule has 0 aromatic heterocycles. The first kappa shape index (κ1) is 20.5. The summed E-state index contributed by atoms with van der Waals surface area (Å²) in [5, 5.41) is 2.98. The lowest BCUT2D eigenvalue weighted by Crippen LogP contribution is -2.34. The van der Waals surface area contributed by atoms with Crippen LogP contribution in [-0.2, 0) is 4.79 Å². The molecule has 4 nitrogen and oxygen atoms in total. The monoisotopic (exact) mass is 334 g/mol. The van der Waals surface area contributed by atoms with Gasteiger partial charge in [-0.25, -0.2) is 0 Å². The van der Waals surface area contributed by atoms with Crippen molar-refractivity contribution >= 4 is 11.6 Å². The molecule has 0 unspecified atom stereocenters. The number of benzene rings is 1. The molecule has 0 aliphatic heterocycles. The van der Waals surface area contributed by atoms with E-state index in [0.717, 1.165) is 50.4 Å². The number of unbranched alkanes of at least 4 members (excludes halogenated alkanes) is 3. The van der Waals surface area contributed by atoms with Gasteiger partial charge in [-0.2, -0.15) is 0 Å². The number of carbonyl (C=O) groups excluding carboxylic acids is 1. The van der Waals surface area contributed by atoms with Crippen molar-refractivity contribution < 1.29 is 9.53 Å². The van der Waals surface area contributed by atoms with Gasteiger partial charge in [-0.1, -0.05) is 46.1 Å². The fourth-order valence-electron chi connectivity index (χ4n) is 2.69. The van der Waals surface area contributed by atoms with Crippen LogP contribution in [0, 0.1) is 0 Å². The van der Waals surface area contributed by atoms with Crippen LogP contribution < -0.4 is 10.1 Å². The molecule has 24 heavy (non-hydrogen) atoms. The minimum atomic E-state index is 0.0389. The first-order chi connectivity index (χ1) is 11.7. The van der Waals surface area contributed by atoms with Crippen LogP contribution >= 0.6 is 0 Å². The standard InChI is InChI=1S/C20H34N2O2/c1-4-7-8-9-15-24-19-12-10-11-18(16-19)21-20(23)17-22(13-5-2)14-6-3/h10-12,16H,4-9,13-15,17H2,1-3H3,(H,21,23). The fourth-order valence-corrected chi connectivity index (χ4v) is 2.69. The minimum Gasteiger partial charge on any atom is -0.494 e. The van der Waals surface area contributed by atoms with Gasteiger partial charge < -0.3 is 10.1 Å². The molecular formula is C20H34N2O2. The summed E-state index contributed by atoms with van der Waals surface area (Å²) in [7, 11) is 0. The summed E-state index contributed by atoms with van der Waals surface area (Å²) in [6.45, 7) is 9.59. The number of amides is 1. The Bertz CT molecular complexity index is 457.